The van der Waals surface area contributed by atoms with E-state index in [0.717, 1.165) is 63.4 Å². The molecule has 1 aromatic heterocycles. The molecule has 1 saturated heterocycles. The van der Waals surface area contributed by atoms with Crippen LogP contribution in [0.1, 0.15) is 25.5 Å². The minimum absolute atomic E-state index is 0.571. The van der Waals surface area contributed by atoms with Crippen LogP contribution in [0.2, 0.25) is 0 Å². The fraction of sp³-hybridized carbons (Fsp3) is 0.778. The molecule has 140 valence electrons. The van der Waals surface area contributed by atoms with Gasteiger partial charge in [0.25, 0.3) is 0 Å². The van der Waals surface area contributed by atoms with Crippen LogP contribution in [0.4, 0.5) is 0 Å². The van der Waals surface area contributed by atoms with Crippen molar-refractivity contribution in [1.29, 1.82) is 0 Å². The van der Waals surface area contributed by atoms with Crippen molar-refractivity contribution < 1.29 is 4.52 Å². The highest BCUT2D eigenvalue weighted by atomic mass is 16.5. The van der Waals surface area contributed by atoms with Crippen LogP contribution in [0.5, 0.6) is 0 Å². The Kier molecular flexibility index (Phi) is 6.31. The first-order valence-corrected chi connectivity index (χ1v) is 9.48. The van der Waals surface area contributed by atoms with E-state index in [-0.39, 0.29) is 0 Å². The summed E-state index contributed by atoms with van der Waals surface area (Å²) in [6.45, 7) is 8.85. The number of hydrogen-bond donors (Lipinski definition) is 1. The van der Waals surface area contributed by atoms with Crippen LogP contribution in [0.25, 0.3) is 0 Å². The van der Waals surface area contributed by atoms with Gasteiger partial charge in [-0.05, 0) is 39.8 Å². The average Bonchev–Trinajstić information content (AvgIpc) is 3.31. The molecule has 1 N–H and O–H groups in total. The van der Waals surface area contributed by atoms with Crippen LogP contribution in [-0.4, -0.2) is 85.2 Å². The minimum Gasteiger partial charge on any atom is -0.364 e. The Hall–Kier alpha value is -1.60. The molecular weight excluding hydrogens is 316 g/mol. The molecule has 1 saturated carbocycles. The lowest BCUT2D eigenvalue weighted by atomic mass is 10.2. The first kappa shape index (κ1) is 18.2. The summed E-state index contributed by atoms with van der Waals surface area (Å²) in [5, 5.41) is 7.49. The summed E-state index contributed by atoms with van der Waals surface area (Å²) in [4.78, 5) is 12.1. The lowest BCUT2D eigenvalue weighted by Crippen LogP contribution is -2.52. The Morgan fingerprint density at radius 3 is 2.68 bits per heavy atom. The zero-order chi connectivity index (χ0) is 17.6. The van der Waals surface area contributed by atoms with Gasteiger partial charge in [-0.3, -0.25) is 9.89 Å². The van der Waals surface area contributed by atoms with E-state index in [1.165, 1.54) is 12.8 Å². The van der Waals surface area contributed by atoms with Gasteiger partial charge < -0.3 is 19.6 Å². The third-order valence-electron chi connectivity index (χ3n) is 5.14. The lowest BCUT2D eigenvalue weighted by molar-refractivity contribution is 0.168. The number of piperazine rings is 1. The Morgan fingerprint density at radius 1 is 1.36 bits per heavy atom. The number of hydrogen-bond acceptors (Lipinski definition) is 5. The summed E-state index contributed by atoms with van der Waals surface area (Å²) in [6.07, 6.45) is 4.35. The van der Waals surface area contributed by atoms with Crippen molar-refractivity contribution in [3.05, 3.63) is 18.0 Å². The topological polar surface area (TPSA) is 60.1 Å². The van der Waals surface area contributed by atoms with Crippen molar-refractivity contribution in [3.63, 3.8) is 0 Å². The van der Waals surface area contributed by atoms with Crippen LogP contribution >= 0.6 is 0 Å². The van der Waals surface area contributed by atoms with E-state index in [4.69, 9.17) is 9.52 Å². The van der Waals surface area contributed by atoms with E-state index in [1.807, 2.05) is 6.07 Å². The van der Waals surface area contributed by atoms with Gasteiger partial charge in [-0.2, -0.15) is 0 Å². The largest absolute Gasteiger partial charge is 0.364 e. The third kappa shape index (κ3) is 5.19. The van der Waals surface area contributed by atoms with Gasteiger partial charge in [0.15, 0.2) is 5.96 Å². The van der Waals surface area contributed by atoms with Crippen molar-refractivity contribution in [3.8, 4) is 0 Å². The van der Waals surface area contributed by atoms with E-state index in [1.54, 1.807) is 6.26 Å². The fourth-order valence-electron chi connectivity index (χ4n) is 3.49. The van der Waals surface area contributed by atoms with Gasteiger partial charge in [0.1, 0.15) is 6.26 Å². The highest BCUT2D eigenvalue weighted by Gasteiger charge is 2.32. The predicted molar refractivity (Wildman–Crippen MR) is 99.5 cm³/mol. The molecule has 25 heavy (non-hydrogen) atoms. The van der Waals surface area contributed by atoms with Crippen molar-refractivity contribution in [2.24, 2.45) is 10.9 Å². The second-order valence-electron chi connectivity index (χ2n) is 7.32. The van der Waals surface area contributed by atoms with E-state index in [9.17, 15) is 0 Å². The zero-order valence-electron chi connectivity index (χ0n) is 15.8. The van der Waals surface area contributed by atoms with Crippen molar-refractivity contribution in [2.45, 2.75) is 32.4 Å². The Labute approximate surface area is 151 Å². The molecule has 1 unspecified atom stereocenters. The Bertz CT molecular complexity index is 530. The number of nitrogens with one attached hydrogen (secondary N) is 1. The maximum Gasteiger partial charge on any atom is 0.194 e. The van der Waals surface area contributed by atoms with Crippen molar-refractivity contribution in [1.82, 2.24) is 25.2 Å². The number of aromatic nitrogens is 1. The maximum atomic E-state index is 4.96. The molecule has 1 aromatic rings. The molecule has 2 aliphatic rings. The SMILES string of the molecule is CCNC(=NCC(C1CC1)N(C)C)N1CCN(Cc2ccon2)CC1. The molecule has 0 spiro atoms. The van der Waals surface area contributed by atoms with Crippen LogP contribution in [0, 0.1) is 5.92 Å². The summed E-state index contributed by atoms with van der Waals surface area (Å²) in [5.74, 6) is 1.90. The molecule has 3 rings (SSSR count). The predicted octanol–water partition coefficient (Wildman–Crippen LogP) is 1.10. The summed E-state index contributed by atoms with van der Waals surface area (Å²) < 4.78 is 4.93. The standard InChI is InChI=1S/C18H32N6O/c1-4-19-18(20-13-17(22(2)3)15-5-6-15)24-10-8-23(9-11-24)14-16-7-12-25-21-16/h7,12,15,17H,4-6,8-11,13-14H2,1-3H3,(H,19,20). The molecule has 2 fully saturated rings. The molecule has 1 atom stereocenters. The third-order valence-corrected chi connectivity index (χ3v) is 5.14. The van der Waals surface area contributed by atoms with Gasteiger partial charge in [0, 0.05) is 51.4 Å². The number of likely N-dealkylation sites (N-methyl/N-ethyl adjacent to an activating group) is 1. The highest BCUT2D eigenvalue weighted by molar-refractivity contribution is 5.80. The second kappa shape index (κ2) is 8.67. The monoisotopic (exact) mass is 348 g/mol. The Morgan fingerprint density at radius 2 is 2.12 bits per heavy atom. The second-order valence-corrected chi connectivity index (χ2v) is 7.32. The van der Waals surface area contributed by atoms with Crippen molar-refractivity contribution in [2.75, 3.05) is 53.4 Å². The molecule has 7 heteroatoms. The van der Waals surface area contributed by atoms with E-state index in [2.05, 4.69) is 46.2 Å². The molecule has 0 bridgehead atoms. The summed E-state index contributed by atoms with van der Waals surface area (Å²) in [7, 11) is 4.35. The minimum atomic E-state index is 0.571. The normalized spacial score (nSPS) is 21.0. The molecular formula is C18H32N6O. The summed E-state index contributed by atoms with van der Waals surface area (Å²) in [6, 6.07) is 2.51. The fourth-order valence-corrected chi connectivity index (χ4v) is 3.49. The first-order valence-electron chi connectivity index (χ1n) is 9.48. The van der Waals surface area contributed by atoms with Gasteiger partial charge in [-0.15, -0.1) is 0 Å². The van der Waals surface area contributed by atoms with Gasteiger partial charge >= 0.3 is 0 Å². The van der Waals surface area contributed by atoms with Crippen LogP contribution < -0.4 is 5.32 Å². The maximum absolute atomic E-state index is 4.96. The van der Waals surface area contributed by atoms with Gasteiger partial charge in [-0.1, -0.05) is 5.16 Å². The Balaban J connectivity index is 1.53. The molecule has 7 nitrogen and oxygen atoms in total. The van der Waals surface area contributed by atoms with E-state index < -0.39 is 0 Å². The number of rotatable bonds is 7. The number of nitrogens with zero attached hydrogens (tertiary/aromatic N) is 5. The van der Waals surface area contributed by atoms with Gasteiger partial charge in [0.2, 0.25) is 0 Å². The summed E-state index contributed by atoms with van der Waals surface area (Å²) in [5.41, 5.74) is 1.01. The zero-order valence-corrected chi connectivity index (χ0v) is 15.8. The van der Waals surface area contributed by atoms with Gasteiger partial charge in [-0.25, -0.2) is 0 Å². The molecule has 1 aliphatic heterocycles. The van der Waals surface area contributed by atoms with E-state index >= 15 is 0 Å². The molecule has 0 amide bonds. The van der Waals surface area contributed by atoms with Crippen molar-refractivity contribution >= 4 is 5.96 Å². The smallest absolute Gasteiger partial charge is 0.194 e. The van der Waals surface area contributed by atoms with E-state index in [0.29, 0.717) is 6.04 Å². The van der Waals surface area contributed by atoms with Gasteiger partial charge in [0.05, 0.1) is 12.2 Å². The molecule has 0 radical (unpaired) electrons. The van der Waals surface area contributed by atoms with Crippen LogP contribution in [0.15, 0.2) is 21.8 Å². The number of aliphatic imine (C=N–C) groups is 1. The molecule has 0 aromatic carbocycles. The quantitative estimate of drug-likeness (QED) is 0.588. The highest BCUT2D eigenvalue weighted by Crippen LogP contribution is 2.34. The average molecular weight is 348 g/mol. The molecule has 2 heterocycles. The lowest BCUT2D eigenvalue weighted by Gasteiger charge is -2.36. The number of guanidine groups is 1. The first-order chi connectivity index (χ1) is 12.2. The summed E-state index contributed by atoms with van der Waals surface area (Å²) >= 11 is 0. The molecule has 1 aliphatic carbocycles. The van der Waals surface area contributed by atoms with Crippen LogP contribution in [0.3, 0.4) is 0 Å². The van der Waals surface area contributed by atoms with Crippen LogP contribution in [-0.2, 0) is 6.54 Å².